The maximum absolute atomic E-state index is 9.45. The van der Waals surface area contributed by atoms with Crippen molar-refractivity contribution in [2.45, 2.75) is 30.6 Å². The van der Waals surface area contributed by atoms with Crippen molar-refractivity contribution in [3.8, 4) is 0 Å². The van der Waals surface area contributed by atoms with E-state index in [1.54, 1.807) is 0 Å². The van der Waals surface area contributed by atoms with Gasteiger partial charge in [0.2, 0.25) is 0 Å². The van der Waals surface area contributed by atoms with Gasteiger partial charge in [0.15, 0.2) is 6.29 Å². The number of likely N-dealkylation sites (N-methyl/N-ethyl adjacent to an activating group) is 1. The highest BCUT2D eigenvalue weighted by molar-refractivity contribution is 4.91. The number of aliphatic hydroxyl groups is 4. The van der Waals surface area contributed by atoms with Gasteiger partial charge >= 0.3 is 0 Å². The van der Waals surface area contributed by atoms with E-state index in [-0.39, 0.29) is 0 Å². The molecule has 1 aliphatic heterocycles. The molecule has 1 unspecified atom stereocenters. The highest BCUT2D eigenvalue weighted by Gasteiger charge is 2.42. The van der Waals surface area contributed by atoms with Crippen molar-refractivity contribution >= 4 is 0 Å². The summed E-state index contributed by atoms with van der Waals surface area (Å²) in [6, 6.07) is -0.738. The van der Waals surface area contributed by atoms with E-state index in [1.165, 1.54) is 7.05 Å². The van der Waals surface area contributed by atoms with Crippen molar-refractivity contribution in [3.63, 3.8) is 0 Å². The number of aliphatic hydroxyl groups excluding tert-OH is 4. The van der Waals surface area contributed by atoms with Crippen LogP contribution in [0.3, 0.4) is 0 Å². The first-order valence-corrected chi connectivity index (χ1v) is 4.09. The van der Waals surface area contributed by atoms with Crippen LogP contribution in [0.15, 0.2) is 0 Å². The predicted octanol–water partition coefficient (Wildman–Crippen LogP) is -2.99. The zero-order valence-electron chi connectivity index (χ0n) is 7.29. The molecule has 6 nitrogen and oxygen atoms in total. The third-order valence-electron chi connectivity index (χ3n) is 2.23. The highest BCUT2D eigenvalue weighted by Crippen LogP contribution is 2.18. The number of ether oxygens (including phenoxy) is 1. The fourth-order valence-corrected chi connectivity index (χ4v) is 1.41. The van der Waals surface area contributed by atoms with Crippen molar-refractivity contribution < 1.29 is 25.2 Å². The predicted molar refractivity (Wildman–Crippen MR) is 42.8 cm³/mol. The van der Waals surface area contributed by atoms with Crippen LogP contribution in [0.25, 0.3) is 0 Å². The minimum atomic E-state index is -1.22. The van der Waals surface area contributed by atoms with Crippen LogP contribution in [-0.2, 0) is 4.74 Å². The van der Waals surface area contributed by atoms with Gasteiger partial charge in [-0.25, -0.2) is 0 Å². The Balaban J connectivity index is 2.66. The molecule has 0 bridgehead atoms. The lowest BCUT2D eigenvalue weighted by Crippen LogP contribution is -2.62. The summed E-state index contributed by atoms with van der Waals surface area (Å²) in [5.41, 5.74) is 0. The van der Waals surface area contributed by atoms with Gasteiger partial charge in [0.1, 0.15) is 18.3 Å². The standard InChI is InChI=1S/C7H15NO5/c1-8-4-6(11)5(10)3(2-9)13-7(4)12/h3-12H,2H2,1H3/t3-,4?,5-,6-,7-/m1/s1. The van der Waals surface area contributed by atoms with Crippen LogP contribution in [0, 0.1) is 0 Å². The lowest BCUT2D eigenvalue weighted by molar-refractivity contribution is -0.253. The molecule has 0 aromatic carbocycles. The van der Waals surface area contributed by atoms with Crippen LogP contribution < -0.4 is 5.32 Å². The minimum Gasteiger partial charge on any atom is -0.394 e. The van der Waals surface area contributed by atoms with Crippen molar-refractivity contribution in [1.82, 2.24) is 5.32 Å². The summed E-state index contributed by atoms with van der Waals surface area (Å²) < 4.78 is 4.85. The monoisotopic (exact) mass is 193 g/mol. The Labute approximate surface area is 75.8 Å². The Bertz CT molecular complexity index is 167. The molecule has 1 heterocycles. The Morgan fingerprint density at radius 2 is 1.85 bits per heavy atom. The van der Waals surface area contributed by atoms with Crippen molar-refractivity contribution in [3.05, 3.63) is 0 Å². The SMILES string of the molecule is CNC1[C@H](O)O[C@H](CO)[C@@H](O)[C@@H]1O. The zero-order valence-corrected chi connectivity index (χ0v) is 7.29. The Morgan fingerprint density at radius 3 is 2.31 bits per heavy atom. The van der Waals surface area contributed by atoms with Gasteiger partial charge in [0, 0.05) is 0 Å². The van der Waals surface area contributed by atoms with E-state index in [0.717, 1.165) is 0 Å². The Morgan fingerprint density at radius 1 is 1.23 bits per heavy atom. The molecule has 1 aliphatic rings. The molecule has 1 fully saturated rings. The van der Waals surface area contributed by atoms with Crippen LogP contribution in [-0.4, -0.2) is 64.7 Å². The minimum absolute atomic E-state index is 0.439. The third-order valence-corrected chi connectivity index (χ3v) is 2.23. The van der Waals surface area contributed by atoms with Crippen LogP contribution in [0.5, 0.6) is 0 Å². The average Bonchev–Trinajstić information content (AvgIpc) is 2.12. The average molecular weight is 193 g/mol. The summed E-state index contributed by atoms with van der Waals surface area (Å²) in [6.07, 6.45) is -4.49. The number of nitrogens with one attached hydrogen (secondary N) is 1. The second kappa shape index (κ2) is 4.32. The molecular weight excluding hydrogens is 178 g/mol. The number of rotatable bonds is 2. The maximum Gasteiger partial charge on any atom is 0.173 e. The van der Waals surface area contributed by atoms with E-state index in [2.05, 4.69) is 5.32 Å². The molecule has 0 aromatic heterocycles. The first kappa shape index (κ1) is 10.8. The van der Waals surface area contributed by atoms with Crippen LogP contribution in [0.4, 0.5) is 0 Å². The molecule has 1 rings (SSSR count). The van der Waals surface area contributed by atoms with Gasteiger partial charge < -0.3 is 30.5 Å². The topological polar surface area (TPSA) is 102 Å². The molecule has 0 aromatic rings. The summed E-state index contributed by atoms with van der Waals surface area (Å²) in [5, 5.41) is 39.4. The van der Waals surface area contributed by atoms with Crippen LogP contribution in [0.1, 0.15) is 0 Å². The molecule has 0 amide bonds. The summed E-state index contributed by atoms with van der Waals surface area (Å²) in [5.74, 6) is 0. The lowest BCUT2D eigenvalue weighted by Gasteiger charge is -2.39. The van der Waals surface area contributed by atoms with Crippen LogP contribution >= 0.6 is 0 Å². The summed E-state index contributed by atoms with van der Waals surface area (Å²) in [7, 11) is 1.53. The number of hydrogen-bond acceptors (Lipinski definition) is 6. The third kappa shape index (κ3) is 1.98. The molecule has 13 heavy (non-hydrogen) atoms. The quantitative estimate of drug-likeness (QED) is 0.320. The molecule has 5 atom stereocenters. The van der Waals surface area contributed by atoms with Gasteiger partial charge in [-0.2, -0.15) is 0 Å². The van der Waals surface area contributed by atoms with Gasteiger partial charge in [-0.3, -0.25) is 0 Å². The molecule has 6 heteroatoms. The molecule has 0 saturated carbocycles. The second-order valence-electron chi connectivity index (χ2n) is 3.04. The lowest BCUT2D eigenvalue weighted by atomic mass is 9.97. The Hall–Kier alpha value is -0.240. The molecule has 78 valence electrons. The van der Waals surface area contributed by atoms with E-state index in [4.69, 9.17) is 9.84 Å². The first-order chi connectivity index (χ1) is 6.11. The highest BCUT2D eigenvalue weighted by atomic mass is 16.6. The van der Waals surface area contributed by atoms with Crippen molar-refractivity contribution in [1.29, 1.82) is 0 Å². The van der Waals surface area contributed by atoms with Crippen molar-refractivity contribution in [2.75, 3.05) is 13.7 Å². The van der Waals surface area contributed by atoms with Gasteiger partial charge in [0.05, 0.1) is 12.6 Å². The van der Waals surface area contributed by atoms with Crippen molar-refractivity contribution in [2.24, 2.45) is 0 Å². The summed E-state index contributed by atoms with van der Waals surface area (Å²) in [6.45, 7) is -0.439. The zero-order chi connectivity index (χ0) is 10.0. The van der Waals surface area contributed by atoms with E-state index >= 15 is 0 Å². The molecule has 0 aliphatic carbocycles. The van der Waals surface area contributed by atoms with Gasteiger partial charge in [-0.1, -0.05) is 0 Å². The van der Waals surface area contributed by atoms with E-state index in [0.29, 0.717) is 0 Å². The molecule has 5 N–H and O–H groups in total. The van der Waals surface area contributed by atoms with E-state index in [9.17, 15) is 15.3 Å². The molecular formula is C7H15NO5. The fourth-order valence-electron chi connectivity index (χ4n) is 1.41. The van der Waals surface area contributed by atoms with Gasteiger partial charge in [-0.05, 0) is 7.05 Å². The summed E-state index contributed by atoms with van der Waals surface area (Å²) in [4.78, 5) is 0. The smallest absolute Gasteiger partial charge is 0.173 e. The van der Waals surface area contributed by atoms with Gasteiger partial charge in [-0.15, -0.1) is 0 Å². The summed E-state index contributed by atoms with van der Waals surface area (Å²) >= 11 is 0. The number of hydrogen-bond donors (Lipinski definition) is 5. The molecule has 1 saturated heterocycles. The maximum atomic E-state index is 9.45. The fraction of sp³-hybridized carbons (Fsp3) is 1.00. The van der Waals surface area contributed by atoms with E-state index in [1.807, 2.05) is 0 Å². The van der Waals surface area contributed by atoms with Gasteiger partial charge in [0.25, 0.3) is 0 Å². The molecule has 0 radical (unpaired) electrons. The second-order valence-corrected chi connectivity index (χ2v) is 3.04. The first-order valence-electron chi connectivity index (χ1n) is 4.09. The molecule has 0 spiro atoms. The van der Waals surface area contributed by atoms with Crippen LogP contribution in [0.2, 0.25) is 0 Å². The Kier molecular flexibility index (Phi) is 3.60. The largest absolute Gasteiger partial charge is 0.394 e. The van der Waals surface area contributed by atoms with E-state index < -0.39 is 37.3 Å². The normalized spacial score (nSPS) is 46.4.